The van der Waals surface area contributed by atoms with Gasteiger partial charge in [-0.15, -0.1) is 0 Å². The molecule has 5 nitrogen and oxygen atoms in total. The van der Waals surface area contributed by atoms with Gasteiger partial charge in [0.05, 0.1) is 0 Å². The fourth-order valence-corrected chi connectivity index (χ4v) is 3.47. The molecular formula is C25H22N2O3. The van der Waals surface area contributed by atoms with Crippen molar-refractivity contribution in [3.8, 4) is 0 Å². The van der Waals surface area contributed by atoms with E-state index in [9.17, 15) is 9.59 Å². The summed E-state index contributed by atoms with van der Waals surface area (Å²) in [6, 6.07) is 24.2. The normalized spacial score (nSPS) is 12.0. The van der Waals surface area contributed by atoms with Crippen LogP contribution in [-0.4, -0.2) is 17.3 Å². The minimum Gasteiger partial charge on any atom is -0.422 e. The van der Waals surface area contributed by atoms with E-state index in [0.717, 1.165) is 23.1 Å². The first kappa shape index (κ1) is 19.7. The number of fused-ring (bicyclic) bond motifs is 1. The predicted octanol–water partition coefficient (Wildman–Crippen LogP) is 4.33. The zero-order valence-corrected chi connectivity index (χ0v) is 16.5. The van der Waals surface area contributed by atoms with Gasteiger partial charge in [0.25, 0.3) is 0 Å². The molecule has 0 unspecified atom stereocenters. The third kappa shape index (κ3) is 4.70. The van der Waals surface area contributed by atoms with Gasteiger partial charge in [-0.05, 0) is 29.8 Å². The van der Waals surface area contributed by atoms with E-state index in [1.54, 1.807) is 24.4 Å². The predicted molar refractivity (Wildman–Crippen MR) is 117 cm³/mol. The minimum absolute atomic E-state index is 0.0844. The molecule has 0 bridgehead atoms. The Morgan fingerprint density at radius 3 is 2.53 bits per heavy atom. The number of carbonyl (C=O) groups excluding carboxylic acids is 1. The van der Waals surface area contributed by atoms with Crippen molar-refractivity contribution in [2.24, 2.45) is 0 Å². The lowest BCUT2D eigenvalue weighted by Crippen LogP contribution is -2.27. The Morgan fingerprint density at radius 1 is 0.967 bits per heavy atom. The first-order chi connectivity index (χ1) is 14.7. The molecule has 2 aromatic carbocycles. The summed E-state index contributed by atoms with van der Waals surface area (Å²) in [6.45, 7) is 0.663. The topological polar surface area (TPSA) is 72.2 Å². The van der Waals surface area contributed by atoms with Crippen LogP contribution in [-0.2, 0) is 6.42 Å². The molecule has 4 aromatic rings. The van der Waals surface area contributed by atoms with Crippen LogP contribution in [0.25, 0.3) is 11.0 Å². The van der Waals surface area contributed by atoms with E-state index in [2.05, 4.69) is 10.3 Å². The van der Waals surface area contributed by atoms with Crippen LogP contribution in [0.1, 0.15) is 34.1 Å². The summed E-state index contributed by atoms with van der Waals surface area (Å²) in [5.41, 5.74) is 1.95. The van der Waals surface area contributed by atoms with Gasteiger partial charge in [-0.1, -0.05) is 54.6 Å². The minimum atomic E-state index is -0.598. The molecule has 0 amide bonds. The molecule has 1 N–H and O–H groups in total. The van der Waals surface area contributed by atoms with E-state index in [1.807, 2.05) is 60.7 Å². The second-order valence-corrected chi connectivity index (χ2v) is 7.10. The lowest BCUT2D eigenvalue weighted by molar-refractivity contribution is 0.0965. The van der Waals surface area contributed by atoms with Crippen LogP contribution in [0, 0.1) is 0 Å². The number of pyridine rings is 1. The Balaban J connectivity index is 1.53. The van der Waals surface area contributed by atoms with Crippen molar-refractivity contribution in [3.63, 3.8) is 0 Å². The molecule has 2 aromatic heterocycles. The molecule has 0 spiro atoms. The van der Waals surface area contributed by atoms with E-state index in [0.29, 0.717) is 12.1 Å². The van der Waals surface area contributed by atoms with Crippen LogP contribution < -0.4 is 10.9 Å². The van der Waals surface area contributed by atoms with E-state index in [4.69, 9.17) is 4.42 Å². The molecule has 4 rings (SSSR count). The average molecular weight is 398 g/mol. The number of ketones is 1. The monoisotopic (exact) mass is 398 g/mol. The van der Waals surface area contributed by atoms with E-state index < -0.39 is 5.63 Å². The summed E-state index contributed by atoms with van der Waals surface area (Å²) in [6.07, 6.45) is 2.68. The van der Waals surface area contributed by atoms with Gasteiger partial charge in [0.2, 0.25) is 0 Å². The average Bonchev–Trinajstić information content (AvgIpc) is 2.79. The maximum absolute atomic E-state index is 13.0. The van der Waals surface area contributed by atoms with Gasteiger partial charge in [-0.2, -0.15) is 0 Å². The van der Waals surface area contributed by atoms with Crippen molar-refractivity contribution in [2.75, 3.05) is 6.54 Å². The number of benzene rings is 2. The summed E-state index contributed by atoms with van der Waals surface area (Å²) in [4.78, 5) is 29.7. The quantitative estimate of drug-likeness (QED) is 0.353. The van der Waals surface area contributed by atoms with Gasteiger partial charge in [0.15, 0.2) is 5.78 Å². The molecule has 0 fully saturated rings. The molecule has 5 heteroatoms. The van der Waals surface area contributed by atoms with Crippen molar-refractivity contribution in [3.05, 3.63) is 112 Å². The molecular weight excluding hydrogens is 376 g/mol. The molecule has 0 saturated heterocycles. The number of para-hydroxylation sites is 1. The summed E-state index contributed by atoms with van der Waals surface area (Å²) in [5, 5.41) is 4.18. The Morgan fingerprint density at radius 2 is 1.73 bits per heavy atom. The lowest BCUT2D eigenvalue weighted by Gasteiger charge is -2.18. The van der Waals surface area contributed by atoms with Gasteiger partial charge >= 0.3 is 5.63 Å². The van der Waals surface area contributed by atoms with Crippen LogP contribution in [0.15, 0.2) is 94.3 Å². The van der Waals surface area contributed by atoms with E-state index >= 15 is 0 Å². The van der Waals surface area contributed by atoms with Crippen molar-refractivity contribution in [2.45, 2.75) is 18.9 Å². The van der Waals surface area contributed by atoms with Crippen molar-refractivity contribution >= 4 is 16.8 Å². The fourth-order valence-electron chi connectivity index (χ4n) is 3.47. The highest BCUT2D eigenvalue weighted by atomic mass is 16.4. The molecule has 0 saturated carbocycles. The summed E-state index contributed by atoms with van der Waals surface area (Å²) in [7, 11) is 0. The van der Waals surface area contributed by atoms with Gasteiger partial charge in [-0.25, -0.2) is 4.79 Å². The van der Waals surface area contributed by atoms with Gasteiger partial charge in [0, 0.05) is 42.7 Å². The number of Topliss-reactive ketones (excluding diaryl/α,β-unsaturated/α-hetero) is 1. The zero-order valence-electron chi connectivity index (χ0n) is 16.5. The van der Waals surface area contributed by atoms with Crippen LogP contribution in [0.2, 0.25) is 0 Å². The SMILES string of the molecule is O=C(C[C@H](NCCc1ccccn1)c1ccccc1)c1cc2ccccc2oc1=O. The number of carbonyl (C=O) groups is 1. The zero-order chi connectivity index (χ0) is 20.8. The second kappa shape index (κ2) is 9.29. The molecule has 1 atom stereocenters. The molecule has 0 aliphatic rings. The molecule has 0 aliphatic heterocycles. The standard InChI is InChI=1S/C25H22N2O3/c28-23(21-16-19-10-4-5-12-24(19)30-25(21)29)17-22(18-8-2-1-3-9-18)27-15-13-20-11-6-7-14-26-20/h1-12,14,16,22,27H,13,15,17H2/t22-/m0/s1. The fraction of sp³-hybridized carbons (Fsp3) is 0.160. The number of hydrogen-bond donors (Lipinski definition) is 1. The van der Waals surface area contributed by atoms with Crippen LogP contribution in [0.5, 0.6) is 0 Å². The molecule has 0 radical (unpaired) electrons. The van der Waals surface area contributed by atoms with E-state index in [-0.39, 0.29) is 23.8 Å². The maximum Gasteiger partial charge on any atom is 0.347 e. The first-order valence-electron chi connectivity index (χ1n) is 9.95. The number of hydrogen-bond acceptors (Lipinski definition) is 5. The largest absolute Gasteiger partial charge is 0.422 e. The van der Waals surface area contributed by atoms with Crippen LogP contribution in [0.4, 0.5) is 0 Å². The van der Waals surface area contributed by atoms with Gasteiger partial charge in [0.1, 0.15) is 11.1 Å². The third-order valence-corrected chi connectivity index (χ3v) is 5.03. The highest BCUT2D eigenvalue weighted by molar-refractivity contribution is 5.98. The maximum atomic E-state index is 13.0. The summed E-state index contributed by atoms with van der Waals surface area (Å²) < 4.78 is 5.34. The summed E-state index contributed by atoms with van der Waals surface area (Å²) >= 11 is 0. The second-order valence-electron chi connectivity index (χ2n) is 7.10. The number of rotatable bonds is 8. The first-order valence-corrected chi connectivity index (χ1v) is 9.95. The van der Waals surface area contributed by atoms with Crippen molar-refractivity contribution < 1.29 is 9.21 Å². The Bertz CT molecular complexity index is 1190. The van der Waals surface area contributed by atoms with Crippen molar-refractivity contribution in [1.29, 1.82) is 0 Å². The molecule has 0 aliphatic carbocycles. The van der Waals surface area contributed by atoms with Crippen LogP contribution >= 0.6 is 0 Å². The highest BCUT2D eigenvalue weighted by Crippen LogP contribution is 2.20. The van der Waals surface area contributed by atoms with E-state index in [1.165, 1.54) is 0 Å². The third-order valence-electron chi connectivity index (χ3n) is 5.03. The Hall–Kier alpha value is -3.57. The van der Waals surface area contributed by atoms with Gasteiger partial charge in [-0.3, -0.25) is 9.78 Å². The number of nitrogens with zero attached hydrogens (tertiary/aromatic N) is 1. The summed E-state index contributed by atoms with van der Waals surface area (Å²) in [5.74, 6) is -0.242. The lowest BCUT2D eigenvalue weighted by atomic mass is 9.98. The van der Waals surface area contributed by atoms with Crippen LogP contribution in [0.3, 0.4) is 0 Å². The molecule has 2 heterocycles. The smallest absolute Gasteiger partial charge is 0.347 e. The number of aromatic nitrogens is 1. The molecule has 150 valence electrons. The molecule has 30 heavy (non-hydrogen) atoms. The Kier molecular flexibility index (Phi) is 6.11. The van der Waals surface area contributed by atoms with Crippen molar-refractivity contribution in [1.82, 2.24) is 10.3 Å². The Labute approximate surface area is 174 Å². The highest BCUT2D eigenvalue weighted by Gasteiger charge is 2.20. The van der Waals surface area contributed by atoms with Gasteiger partial charge < -0.3 is 9.73 Å². The number of nitrogens with one attached hydrogen (secondary N) is 1.